The van der Waals surface area contributed by atoms with Gasteiger partial charge in [0.2, 0.25) is 0 Å². The summed E-state index contributed by atoms with van der Waals surface area (Å²) in [5.41, 5.74) is 1.92. The second-order valence-electron chi connectivity index (χ2n) is 4.02. The predicted octanol–water partition coefficient (Wildman–Crippen LogP) is 2.90. The maximum atomic E-state index is 9.42. The van der Waals surface area contributed by atoms with E-state index in [4.69, 9.17) is 0 Å². The lowest BCUT2D eigenvalue weighted by molar-refractivity contribution is 0.199. The number of aromatic nitrogens is 1. The first-order chi connectivity index (χ1) is 8.18. The SMILES string of the molecule is C[C@@H](O)c1ccc(N(C)c2ccccc2)nc1. The molecule has 2 rings (SSSR count). The molecule has 0 aliphatic carbocycles. The van der Waals surface area contributed by atoms with Crippen LogP contribution in [0.2, 0.25) is 0 Å². The zero-order chi connectivity index (χ0) is 12.3. The number of nitrogens with zero attached hydrogens (tertiary/aromatic N) is 2. The molecule has 1 aromatic carbocycles. The van der Waals surface area contributed by atoms with Crippen LogP contribution in [0.4, 0.5) is 11.5 Å². The van der Waals surface area contributed by atoms with Crippen molar-refractivity contribution in [3.63, 3.8) is 0 Å². The number of para-hydroxylation sites is 1. The number of rotatable bonds is 3. The molecule has 17 heavy (non-hydrogen) atoms. The fourth-order valence-electron chi connectivity index (χ4n) is 1.63. The predicted molar refractivity (Wildman–Crippen MR) is 69.4 cm³/mol. The highest BCUT2D eigenvalue weighted by atomic mass is 16.3. The van der Waals surface area contributed by atoms with Gasteiger partial charge in [-0.05, 0) is 30.7 Å². The number of anilines is 2. The summed E-state index contributed by atoms with van der Waals surface area (Å²) in [6.45, 7) is 1.73. The van der Waals surface area contributed by atoms with Crippen molar-refractivity contribution in [1.82, 2.24) is 4.98 Å². The minimum Gasteiger partial charge on any atom is -0.389 e. The van der Waals surface area contributed by atoms with Gasteiger partial charge < -0.3 is 10.0 Å². The van der Waals surface area contributed by atoms with E-state index in [0.717, 1.165) is 17.1 Å². The van der Waals surface area contributed by atoms with Gasteiger partial charge in [-0.1, -0.05) is 24.3 Å². The Morgan fingerprint density at radius 2 is 1.82 bits per heavy atom. The standard InChI is InChI=1S/C14H16N2O/c1-11(17)12-8-9-14(15-10-12)16(2)13-6-4-3-5-7-13/h3-11,17H,1-2H3/t11-/m1/s1. The minimum atomic E-state index is -0.474. The van der Waals surface area contributed by atoms with Crippen molar-refractivity contribution in [3.05, 3.63) is 54.2 Å². The Labute approximate surface area is 101 Å². The largest absolute Gasteiger partial charge is 0.389 e. The van der Waals surface area contributed by atoms with E-state index in [1.807, 2.05) is 54.4 Å². The minimum absolute atomic E-state index is 0.474. The Morgan fingerprint density at radius 3 is 2.35 bits per heavy atom. The van der Waals surface area contributed by atoms with E-state index in [9.17, 15) is 5.11 Å². The van der Waals surface area contributed by atoms with Gasteiger partial charge in [-0.15, -0.1) is 0 Å². The summed E-state index contributed by atoms with van der Waals surface area (Å²) < 4.78 is 0. The van der Waals surface area contributed by atoms with E-state index >= 15 is 0 Å². The Morgan fingerprint density at radius 1 is 1.12 bits per heavy atom. The maximum absolute atomic E-state index is 9.42. The van der Waals surface area contributed by atoms with Gasteiger partial charge in [0.15, 0.2) is 0 Å². The molecule has 2 aromatic rings. The second-order valence-corrected chi connectivity index (χ2v) is 4.02. The molecule has 0 amide bonds. The Bertz CT molecular complexity index is 465. The number of pyridine rings is 1. The fourth-order valence-corrected chi connectivity index (χ4v) is 1.63. The smallest absolute Gasteiger partial charge is 0.132 e. The molecule has 1 N–H and O–H groups in total. The molecular formula is C14H16N2O. The monoisotopic (exact) mass is 228 g/mol. The third-order valence-corrected chi connectivity index (χ3v) is 2.74. The van der Waals surface area contributed by atoms with Gasteiger partial charge >= 0.3 is 0 Å². The summed E-state index contributed by atoms with van der Waals surface area (Å²) in [7, 11) is 1.97. The van der Waals surface area contributed by atoms with Crippen molar-refractivity contribution in [2.24, 2.45) is 0 Å². The molecule has 88 valence electrons. The van der Waals surface area contributed by atoms with E-state index in [-0.39, 0.29) is 0 Å². The highest BCUT2D eigenvalue weighted by Crippen LogP contribution is 2.22. The zero-order valence-corrected chi connectivity index (χ0v) is 10.0. The maximum Gasteiger partial charge on any atom is 0.132 e. The van der Waals surface area contributed by atoms with Crippen LogP contribution in [0.1, 0.15) is 18.6 Å². The quantitative estimate of drug-likeness (QED) is 0.877. The lowest BCUT2D eigenvalue weighted by atomic mass is 10.2. The first-order valence-electron chi connectivity index (χ1n) is 5.61. The Kier molecular flexibility index (Phi) is 3.40. The third-order valence-electron chi connectivity index (χ3n) is 2.74. The second kappa shape index (κ2) is 4.97. The molecule has 0 aliphatic rings. The highest BCUT2D eigenvalue weighted by Gasteiger charge is 2.06. The van der Waals surface area contributed by atoms with Gasteiger partial charge in [0.1, 0.15) is 5.82 Å². The topological polar surface area (TPSA) is 36.4 Å². The molecule has 0 spiro atoms. The Hall–Kier alpha value is -1.87. The highest BCUT2D eigenvalue weighted by molar-refractivity contribution is 5.58. The normalized spacial score (nSPS) is 12.2. The molecular weight excluding hydrogens is 212 g/mol. The van der Waals surface area contributed by atoms with E-state index in [1.165, 1.54) is 0 Å². The number of aliphatic hydroxyl groups excluding tert-OH is 1. The van der Waals surface area contributed by atoms with Crippen LogP contribution in [0.5, 0.6) is 0 Å². The average molecular weight is 228 g/mol. The van der Waals surface area contributed by atoms with Gasteiger partial charge in [0, 0.05) is 18.9 Å². The van der Waals surface area contributed by atoms with Crippen LogP contribution >= 0.6 is 0 Å². The van der Waals surface area contributed by atoms with Crippen LogP contribution in [0, 0.1) is 0 Å². The first-order valence-corrected chi connectivity index (χ1v) is 5.61. The van der Waals surface area contributed by atoms with E-state index in [1.54, 1.807) is 13.1 Å². The van der Waals surface area contributed by atoms with E-state index in [2.05, 4.69) is 4.98 Å². The van der Waals surface area contributed by atoms with Gasteiger partial charge in [-0.2, -0.15) is 0 Å². The lowest BCUT2D eigenvalue weighted by Gasteiger charge is -2.18. The molecule has 3 heteroatoms. The van der Waals surface area contributed by atoms with E-state index < -0.39 is 6.10 Å². The summed E-state index contributed by atoms with van der Waals surface area (Å²) in [6, 6.07) is 13.9. The fraction of sp³-hybridized carbons (Fsp3) is 0.214. The number of hydrogen-bond acceptors (Lipinski definition) is 3. The molecule has 0 fully saturated rings. The van der Waals surface area contributed by atoms with Crippen LogP contribution < -0.4 is 4.90 Å². The molecule has 1 atom stereocenters. The van der Waals surface area contributed by atoms with Crippen LogP contribution in [0.25, 0.3) is 0 Å². The van der Waals surface area contributed by atoms with Crippen LogP contribution in [-0.4, -0.2) is 17.1 Å². The molecule has 1 heterocycles. The van der Waals surface area contributed by atoms with Gasteiger partial charge in [-0.3, -0.25) is 0 Å². The molecule has 0 saturated heterocycles. The van der Waals surface area contributed by atoms with Crippen LogP contribution in [0.15, 0.2) is 48.7 Å². The molecule has 0 aliphatic heterocycles. The first kappa shape index (κ1) is 11.6. The van der Waals surface area contributed by atoms with Gasteiger partial charge in [-0.25, -0.2) is 4.98 Å². The number of hydrogen-bond donors (Lipinski definition) is 1. The summed E-state index contributed by atoms with van der Waals surface area (Å²) in [6.07, 6.45) is 1.23. The molecule has 0 radical (unpaired) electrons. The van der Waals surface area contributed by atoms with Crippen LogP contribution in [-0.2, 0) is 0 Å². The van der Waals surface area contributed by atoms with Crippen molar-refractivity contribution < 1.29 is 5.11 Å². The van der Waals surface area contributed by atoms with Gasteiger partial charge in [0.25, 0.3) is 0 Å². The summed E-state index contributed by atoms with van der Waals surface area (Å²) in [4.78, 5) is 6.35. The summed E-state index contributed by atoms with van der Waals surface area (Å²) in [5, 5.41) is 9.42. The molecule has 1 aromatic heterocycles. The Balaban J connectivity index is 2.23. The number of benzene rings is 1. The lowest BCUT2D eigenvalue weighted by Crippen LogP contribution is -2.11. The summed E-state index contributed by atoms with van der Waals surface area (Å²) in [5.74, 6) is 0.862. The third kappa shape index (κ3) is 2.63. The molecule has 3 nitrogen and oxygen atoms in total. The van der Waals surface area contributed by atoms with Crippen molar-refractivity contribution in [2.45, 2.75) is 13.0 Å². The molecule has 0 bridgehead atoms. The van der Waals surface area contributed by atoms with Crippen molar-refractivity contribution >= 4 is 11.5 Å². The van der Waals surface area contributed by atoms with Crippen LogP contribution in [0.3, 0.4) is 0 Å². The van der Waals surface area contributed by atoms with Gasteiger partial charge in [0.05, 0.1) is 6.10 Å². The summed E-state index contributed by atoms with van der Waals surface area (Å²) >= 11 is 0. The van der Waals surface area contributed by atoms with Crippen molar-refractivity contribution in [1.29, 1.82) is 0 Å². The molecule has 0 unspecified atom stereocenters. The zero-order valence-electron chi connectivity index (χ0n) is 10.0. The van der Waals surface area contributed by atoms with E-state index in [0.29, 0.717) is 0 Å². The van der Waals surface area contributed by atoms with Crippen molar-refractivity contribution in [2.75, 3.05) is 11.9 Å². The van der Waals surface area contributed by atoms with Crippen molar-refractivity contribution in [3.8, 4) is 0 Å². The molecule has 0 saturated carbocycles. The number of aliphatic hydroxyl groups is 1. The average Bonchev–Trinajstić information content (AvgIpc) is 2.39.